The van der Waals surface area contributed by atoms with E-state index in [4.69, 9.17) is 15.7 Å². The van der Waals surface area contributed by atoms with Gasteiger partial charge in [-0.1, -0.05) is 18.2 Å². The van der Waals surface area contributed by atoms with Gasteiger partial charge in [0.25, 0.3) is 0 Å². The second-order valence-electron chi connectivity index (χ2n) is 10.7. The van der Waals surface area contributed by atoms with Crippen LogP contribution in [0.5, 0.6) is 0 Å². The first-order valence-corrected chi connectivity index (χ1v) is 13.3. The van der Waals surface area contributed by atoms with Crippen molar-refractivity contribution in [1.82, 2.24) is 39.3 Å². The predicted octanol–water partition coefficient (Wildman–Crippen LogP) is 3.79. The molecule has 9 nitrogen and oxygen atoms in total. The number of benzene rings is 1. The van der Waals surface area contributed by atoms with E-state index in [9.17, 15) is 0 Å². The monoisotopic (exact) mass is 505 g/mol. The van der Waals surface area contributed by atoms with Crippen LogP contribution in [0.15, 0.2) is 55.0 Å². The van der Waals surface area contributed by atoms with Gasteiger partial charge in [-0.05, 0) is 56.6 Å². The summed E-state index contributed by atoms with van der Waals surface area (Å²) in [6, 6.07) is 14.9. The molecule has 5 aromatic rings. The highest BCUT2D eigenvalue weighted by Gasteiger charge is 2.38. The Kier molecular flexibility index (Phi) is 5.56. The fourth-order valence-electron chi connectivity index (χ4n) is 5.92. The van der Waals surface area contributed by atoms with Gasteiger partial charge in [0, 0.05) is 55.3 Å². The fourth-order valence-corrected chi connectivity index (χ4v) is 5.92. The molecular weight excluding hydrogens is 474 g/mol. The van der Waals surface area contributed by atoms with Crippen molar-refractivity contribution in [2.45, 2.75) is 31.7 Å². The third kappa shape index (κ3) is 3.90. The van der Waals surface area contributed by atoms with Gasteiger partial charge in [-0.2, -0.15) is 5.10 Å². The molecule has 0 unspecified atom stereocenters. The van der Waals surface area contributed by atoms with Crippen LogP contribution in [0.1, 0.15) is 30.1 Å². The number of rotatable bonds is 4. The van der Waals surface area contributed by atoms with Crippen molar-refractivity contribution >= 4 is 22.2 Å². The van der Waals surface area contributed by atoms with E-state index in [1.807, 2.05) is 22.7 Å². The van der Waals surface area contributed by atoms with Crippen molar-refractivity contribution in [2.75, 3.05) is 39.0 Å². The lowest BCUT2D eigenvalue weighted by Gasteiger charge is -2.45. The Labute approximate surface area is 221 Å². The van der Waals surface area contributed by atoms with Gasteiger partial charge in [-0.3, -0.25) is 9.88 Å². The average molecular weight is 506 g/mol. The molecule has 1 aromatic carbocycles. The molecule has 1 saturated carbocycles. The van der Waals surface area contributed by atoms with Gasteiger partial charge >= 0.3 is 0 Å². The molecule has 1 saturated heterocycles. The second kappa shape index (κ2) is 9.11. The Hall–Kier alpha value is -3.95. The topological polar surface area (TPSA) is 101 Å². The summed E-state index contributed by atoms with van der Waals surface area (Å²) in [5.41, 5.74) is 12.7. The third-order valence-corrected chi connectivity index (χ3v) is 8.24. The minimum absolute atomic E-state index is 0.354. The van der Waals surface area contributed by atoms with Gasteiger partial charge in [0.2, 0.25) is 0 Å². The van der Waals surface area contributed by atoms with E-state index < -0.39 is 0 Å². The molecule has 0 bridgehead atoms. The number of hydrogen-bond acceptors (Lipinski definition) is 8. The third-order valence-electron chi connectivity index (χ3n) is 8.24. The summed E-state index contributed by atoms with van der Waals surface area (Å²) in [6.07, 6.45) is 5.51. The number of likely N-dealkylation sites (N-methyl/N-ethyl adjacent to an activating group) is 1. The zero-order valence-electron chi connectivity index (χ0n) is 21.7. The van der Waals surface area contributed by atoms with Crippen LogP contribution in [-0.2, 0) is 0 Å². The molecular formula is C29H31N9. The van der Waals surface area contributed by atoms with E-state index in [-0.39, 0.29) is 0 Å². The van der Waals surface area contributed by atoms with Crippen LogP contribution in [0.4, 0.5) is 5.82 Å². The van der Waals surface area contributed by atoms with Gasteiger partial charge in [0.05, 0.1) is 16.9 Å². The van der Waals surface area contributed by atoms with Crippen LogP contribution in [0.3, 0.4) is 0 Å². The molecule has 2 aliphatic rings. The zero-order valence-corrected chi connectivity index (χ0v) is 21.7. The van der Waals surface area contributed by atoms with Crippen LogP contribution in [0, 0.1) is 6.92 Å². The Morgan fingerprint density at radius 2 is 1.76 bits per heavy atom. The average Bonchev–Trinajstić information content (AvgIpc) is 3.30. The van der Waals surface area contributed by atoms with Crippen LogP contribution in [0.25, 0.3) is 39.1 Å². The maximum Gasteiger partial charge on any atom is 0.153 e. The van der Waals surface area contributed by atoms with Crippen molar-refractivity contribution in [3.63, 3.8) is 0 Å². The molecule has 2 fully saturated rings. The molecule has 1 aliphatic heterocycles. The number of aromatic nitrogens is 6. The molecule has 9 heteroatoms. The number of nitrogens with zero attached hydrogens (tertiary/aromatic N) is 8. The Morgan fingerprint density at radius 1 is 0.921 bits per heavy atom. The lowest BCUT2D eigenvalue weighted by Crippen LogP contribution is -2.52. The summed E-state index contributed by atoms with van der Waals surface area (Å²) in [5.74, 6) is 1.77. The van der Waals surface area contributed by atoms with Crippen LogP contribution in [-0.4, -0.2) is 78.6 Å². The van der Waals surface area contributed by atoms with Crippen molar-refractivity contribution in [3.05, 3.63) is 66.4 Å². The maximum atomic E-state index is 6.41. The summed E-state index contributed by atoms with van der Waals surface area (Å²) in [7, 11) is 2.20. The predicted molar refractivity (Wildman–Crippen MR) is 149 cm³/mol. The highest BCUT2D eigenvalue weighted by molar-refractivity contribution is 5.92. The summed E-state index contributed by atoms with van der Waals surface area (Å²) in [6.45, 7) is 6.67. The zero-order chi connectivity index (χ0) is 25.8. The summed E-state index contributed by atoms with van der Waals surface area (Å²) in [5, 5.41) is 5.69. The maximum absolute atomic E-state index is 6.41. The van der Waals surface area contributed by atoms with E-state index >= 15 is 0 Å². The molecule has 4 aromatic heterocycles. The van der Waals surface area contributed by atoms with Crippen LogP contribution >= 0.6 is 0 Å². The number of anilines is 1. The normalized spacial score (nSPS) is 20.7. The minimum atomic E-state index is 0.354. The van der Waals surface area contributed by atoms with Gasteiger partial charge in [-0.25, -0.2) is 19.5 Å². The molecule has 2 N–H and O–H groups in total. The molecule has 5 heterocycles. The molecule has 0 atom stereocenters. The summed E-state index contributed by atoms with van der Waals surface area (Å²) in [4.78, 5) is 24.0. The first kappa shape index (κ1) is 23.2. The van der Waals surface area contributed by atoms with Crippen molar-refractivity contribution in [3.8, 4) is 22.6 Å². The van der Waals surface area contributed by atoms with E-state index in [0.29, 0.717) is 17.8 Å². The lowest BCUT2D eigenvalue weighted by molar-refractivity contribution is 0.0584. The van der Waals surface area contributed by atoms with Gasteiger partial charge in [-0.15, -0.1) is 0 Å². The summed E-state index contributed by atoms with van der Waals surface area (Å²) < 4.78 is 1.91. The van der Waals surface area contributed by atoms with E-state index in [1.54, 1.807) is 6.20 Å². The molecule has 0 radical (unpaired) electrons. The Morgan fingerprint density at radius 3 is 2.55 bits per heavy atom. The number of imidazole rings is 1. The van der Waals surface area contributed by atoms with E-state index in [2.05, 4.69) is 63.1 Å². The van der Waals surface area contributed by atoms with Crippen LogP contribution < -0.4 is 5.73 Å². The highest BCUT2D eigenvalue weighted by Crippen LogP contribution is 2.42. The number of hydrogen-bond donors (Lipinski definition) is 1. The molecule has 1 aliphatic carbocycles. The van der Waals surface area contributed by atoms with Crippen molar-refractivity contribution in [2.24, 2.45) is 0 Å². The van der Waals surface area contributed by atoms with E-state index in [1.165, 1.54) is 6.33 Å². The standard InChI is InChI=1S/C29H31N9/c1-18-13-25(23-5-3-4-8-31-23)34-24-16-19(6-7-22(18)24)26-27-28(30)32-17-33-38(27)29(35-26)20-14-21(15-20)37-11-9-36(2)10-12-37/h3-8,13,16-17,20-21H,9-12,14-15H2,1-2H3,(H2,30,32,33). The molecule has 0 spiro atoms. The first-order chi connectivity index (χ1) is 18.5. The molecule has 7 rings (SSSR count). The molecule has 192 valence electrons. The highest BCUT2D eigenvalue weighted by atomic mass is 15.3. The number of piperazine rings is 1. The summed E-state index contributed by atoms with van der Waals surface area (Å²) >= 11 is 0. The Balaban J connectivity index is 1.26. The smallest absolute Gasteiger partial charge is 0.153 e. The van der Waals surface area contributed by atoms with Crippen LogP contribution in [0.2, 0.25) is 0 Å². The largest absolute Gasteiger partial charge is 0.382 e. The number of pyridine rings is 2. The van der Waals surface area contributed by atoms with Gasteiger partial charge < -0.3 is 10.6 Å². The SMILES string of the molecule is Cc1cc(-c2ccccn2)nc2cc(-c3nc(C4CC(N5CCN(C)CC5)C4)n4ncnc(N)c34)ccc12. The van der Waals surface area contributed by atoms with Crippen molar-refractivity contribution < 1.29 is 0 Å². The molecule has 38 heavy (non-hydrogen) atoms. The quantitative estimate of drug-likeness (QED) is 0.394. The molecule has 0 amide bonds. The minimum Gasteiger partial charge on any atom is -0.382 e. The number of nitrogen functional groups attached to an aromatic ring is 1. The Bertz CT molecular complexity index is 1630. The van der Waals surface area contributed by atoms with E-state index in [0.717, 1.165) is 89.5 Å². The first-order valence-electron chi connectivity index (χ1n) is 13.3. The number of aryl methyl sites for hydroxylation is 1. The second-order valence-corrected chi connectivity index (χ2v) is 10.7. The van der Waals surface area contributed by atoms with Crippen molar-refractivity contribution in [1.29, 1.82) is 0 Å². The number of fused-ring (bicyclic) bond motifs is 2. The number of nitrogens with two attached hydrogens (primary N) is 1. The van der Waals surface area contributed by atoms with Gasteiger partial charge in [0.15, 0.2) is 5.82 Å². The fraction of sp³-hybridized carbons (Fsp3) is 0.345. The lowest BCUT2D eigenvalue weighted by atomic mass is 9.78. The van der Waals surface area contributed by atoms with Gasteiger partial charge in [0.1, 0.15) is 23.4 Å².